The summed E-state index contributed by atoms with van der Waals surface area (Å²) in [4.78, 5) is 12.1. The quantitative estimate of drug-likeness (QED) is 0.326. The molecule has 5 N–H and O–H groups in total. The number of hydrogen-bond acceptors (Lipinski definition) is 10. The number of nitrogens with two attached hydrogens (primary N) is 1. The van der Waals surface area contributed by atoms with Crippen molar-refractivity contribution in [3.8, 4) is 6.01 Å². The van der Waals surface area contributed by atoms with Gasteiger partial charge in [-0.1, -0.05) is 0 Å². The molecule has 1 aliphatic rings. The molecule has 10 nitrogen and oxygen atoms in total. The summed E-state index contributed by atoms with van der Waals surface area (Å²) >= 11 is 3.92. The second kappa shape index (κ2) is 5.85. The molecule has 1 fully saturated rings. The number of aliphatic hydroxyl groups is 3. The molecule has 22 heavy (non-hydrogen) atoms. The minimum atomic E-state index is -1.25. The van der Waals surface area contributed by atoms with Crippen molar-refractivity contribution in [3.05, 3.63) is 6.33 Å². The molecular formula is C11H15N5O5S. The lowest BCUT2D eigenvalue weighted by atomic mass is 10.1. The molecule has 0 saturated carbocycles. The van der Waals surface area contributed by atoms with Gasteiger partial charge in [0.05, 0.1) is 12.9 Å². The Bertz CT molecular complexity index is 682. The first-order valence-corrected chi connectivity index (χ1v) is 7.06. The monoisotopic (exact) mass is 329 g/mol. The summed E-state index contributed by atoms with van der Waals surface area (Å²) in [6.45, 7) is -0.424. The van der Waals surface area contributed by atoms with Gasteiger partial charge < -0.3 is 30.5 Å². The molecule has 0 bridgehead atoms. The van der Waals surface area contributed by atoms with Crippen LogP contribution in [-0.4, -0.2) is 65.7 Å². The number of thiol groups is 1. The van der Waals surface area contributed by atoms with Gasteiger partial charge in [0.25, 0.3) is 0 Å². The highest BCUT2D eigenvalue weighted by Crippen LogP contribution is 2.32. The van der Waals surface area contributed by atoms with Crippen molar-refractivity contribution in [1.29, 1.82) is 0 Å². The summed E-state index contributed by atoms with van der Waals surface area (Å²) in [5.41, 5.74) is 6.38. The van der Waals surface area contributed by atoms with Crippen molar-refractivity contribution in [1.82, 2.24) is 19.5 Å². The maximum absolute atomic E-state index is 10.1. The van der Waals surface area contributed by atoms with E-state index in [0.29, 0.717) is 5.52 Å². The smallest absolute Gasteiger partial charge is 0.321 e. The SMILES string of the molecule is Nc1nc(OCS)nc2c1ncn2[C@@H]1O[C@H](CO)[C@@H](O)[C@H]1O. The van der Waals surface area contributed by atoms with Crippen molar-refractivity contribution in [2.24, 2.45) is 0 Å². The highest BCUT2D eigenvalue weighted by molar-refractivity contribution is 7.80. The average molecular weight is 329 g/mol. The Balaban J connectivity index is 2.04. The van der Waals surface area contributed by atoms with Crippen LogP contribution in [0.3, 0.4) is 0 Å². The largest absolute Gasteiger partial charge is 0.453 e. The highest BCUT2D eigenvalue weighted by Gasteiger charge is 2.44. The molecule has 1 aliphatic heterocycles. The molecule has 0 spiro atoms. The minimum absolute atomic E-state index is 0.00786. The van der Waals surface area contributed by atoms with Crippen molar-refractivity contribution in [3.63, 3.8) is 0 Å². The number of imidazole rings is 1. The third-order valence-corrected chi connectivity index (χ3v) is 3.54. The van der Waals surface area contributed by atoms with Crippen molar-refractivity contribution >= 4 is 29.6 Å². The molecule has 1 saturated heterocycles. The molecular weight excluding hydrogens is 314 g/mol. The number of anilines is 1. The fourth-order valence-electron chi connectivity index (χ4n) is 2.34. The Morgan fingerprint density at radius 2 is 2.14 bits per heavy atom. The molecule has 2 aromatic heterocycles. The fourth-order valence-corrected chi connectivity index (χ4v) is 2.45. The highest BCUT2D eigenvalue weighted by atomic mass is 32.1. The minimum Gasteiger partial charge on any atom is -0.453 e. The standard InChI is InChI=1S/C11H15N5O5S/c12-8-5-9(15-11(14-8)20-3-22)16(2-13-5)10-7(19)6(18)4(1-17)21-10/h2,4,6-7,10,17-19,22H,1,3H2,(H2,12,14,15)/t4-,6-,7-,10-/m1/s1. The summed E-state index contributed by atoms with van der Waals surface area (Å²) in [7, 11) is 0. The van der Waals surface area contributed by atoms with Crippen molar-refractivity contribution in [2.45, 2.75) is 24.5 Å². The third-order valence-electron chi connectivity index (χ3n) is 3.41. The van der Waals surface area contributed by atoms with E-state index in [4.69, 9.17) is 20.3 Å². The molecule has 11 heteroatoms. The Kier molecular flexibility index (Phi) is 4.06. The Morgan fingerprint density at radius 1 is 1.36 bits per heavy atom. The predicted octanol–water partition coefficient (Wildman–Crippen LogP) is -1.71. The summed E-state index contributed by atoms with van der Waals surface area (Å²) in [5, 5.41) is 29.1. The first-order valence-electron chi connectivity index (χ1n) is 6.43. The van der Waals surface area contributed by atoms with Gasteiger partial charge in [-0.2, -0.15) is 9.97 Å². The number of nitrogen functional groups attached to an aromatic ring is 1. The summed E-state index contributed by atoms with van der Waals surface area (Å²) in [6, 6.07) is 0.00786. The van der Waals surface area contributed by atoms with Gasteiger partial charge in [0.1, 0.15) is 24.3 Å². The van der Waals surface area contributed by atoms with Crippen LogP contribution in [0.1, 0.15) is 6.23 Å². The van der Waals surface area contributed by atoms with Crippen LogP contribution < -0.4 is 10.5 Å². The number of ether oxygens (including phenoxy) is 2. The van der Waals surface area contributed by atoms with E-state index < -0.39 is 31.1 Å². The summed E-state index contributed by atoms with van der Waals surface area (Å²) in [5.74, 6) is 0.166. The molecule has 0 aromatic carbocycles. The maximum Gasteiger partial charge on any atom is 0.321 e. The van der Waals surface area contributed by atoms with Crippen molar-refractivity contribution < 1.29 is 24.8 Å². The van der Waals surface area contributed by atoms with E-state index in [9.17, 15) is 10.2 Å². The number of fused-ring (bicyclic) bond motifs is 1. The number of nitrogens with zero attached hydrogens (tertiary/aromatic N) is 4. The van der Waals surface area contributed by atoms with Gasteiger partial charge in [-0.3, -0.25) is 4.57 Å². The third kappa shape index (κ3) is 2.36. The van der Waals surface area contributed by atoms with Crippen LogP contribution in [0.2, 0.25) is 0 Å². The van der Waals surface area contributed by atoms with Gasteiger partial charge in [-0.15, -0.1) is 12.6 Å². The van der Waals surface area contributed by atoms with Crippen molar-refractivity contribution in [2.75, 3.05) is 18.3 Å². The molecule has 2 aromatic rings. The van der Waals surface area contributed by atoms with Crippen LogP contribution in [0, 0.1) is 0 Å². The Labute approximate surface area is 129 Å². The molecule has 0 aliphatic carbocycles. The van der Waals surface area contributed by atoms with Gasteiger partial charge in [0, 0.05) is 0 Å². The molecule has 0 unspecified atom stereocenters. The Hall–Kier alpha value is -1.66. The maximum atomic E-state index is 10.1. The van der Waals surface area contributed by atoms with E-state index in [1.807, 2.05) is 0 Å². The molecule has 0 radical (unpaired) electrons. The van der Waals surface area contributed by atoms with Gasteiger partial charge >= 0.3 is 6.01 Å². The molecule has 3 heterocycles. The second-order valence-electron chi connectivity index (χ2n) is 4.72. The van der Waals surface area contributed by atoms with E-state index in [2.05, 4.69) is 27.6 Å². The predicted molar refractivity (Wildman–Crippen MR) is 77.2 cm³/mol. The number of hydrogen-bond donors (Lipinski definition) is 5. The van der Waals surface area contributed by atoms with Crippen LogP contribution in [0.4, 0.5) is 5.82 Å². The van der Waals surface area contributed by atoms with E-state index in [0.717, 1.165) is 0 Å². The molecule has 0 amide bonds. The molecule has 120 valence electrons. The van der Waals surface area contributed by atoms with Crippen LogP contribution in [0.5, 0.6) is 6.01 Å². The van der Waals surface area contributed by atoms with Crippen LogP contribution in [0.25, 0.3) is 11.2 Å². The number of rotatable bonds is 4. The average Bonchev–Trinajstić information content (AvgIpc) is 3.03. The fraction of sp³-hybridized carbons (Fsp3) is 0.545. The first-order chi connectivity index (χ1) is 10.6. The lowest BCUT2D eigenvalue weighted by Crippen LogP contribution is -2.33. The van der Waals surface area contributed by atoms with E-state index in [1.54, 1.807) is 0 Å². The second-order valence-corrected chi connectivity index (χ2v) is 4.98. The summed E-state index contributed by atoms with van der Waals surface area (Å²) in [6.07, 6.45) is -2.97. The van der Waals surface area contributed by atoms with Crippen LogP contribution in [0.15, 0.2) is 6.33 Å². The van der Waals surface area contributed by atoms with Gasteiger partial charge in [0.15, 0.2) is 23.2 Å². The van der Waals surface area contributed by atoms with E-state index >= 15 is 0 Å². The molecule has 3 rings (SSSR count). The van der Waals surface area contributed by atoms with Gasteiger partial charge in [-0.05, 0) is 0 Å². The van der Waals surface area contributed by atoms with E-state index in [1.165, 1.54) is 10.9 Å². The van der Waals surface area contributed by atoms with E-state index in [-0.39, 0.29) is 23.4 Å². The van der Waals surface area contributed by atoms with Crippen LogP contribution >= 0.6 is 12.6 Å². The zero-order valence-electron chi connectivity index (χ0n) is 11.3. The summed E-state index contributed by atoms with van der Waals surface area (Å²) < 4.78 is 11.9. The Morgan fingerprint density at radius 3 is 2.77 bits per heavy atom. The number of aliphatic hydroxyl groups excluding tert-OH is 3. The first kappa shape index (κ1) is 15.2. The zero-order valence-corrected chi connectivity index (χ0v) is 12.2. The zero-order chi connectivity index (χ0) is 15.9. The lowest BCUT2D eigenvalue weighted by molar-refractivity contribution is -0.0511. The normalized spacial score (nSPS) is 28.4. The lowest BCUT2D eigenvalue weighted by Gasteiger charge is -2.16. The number of aromatic nitrogens is 4. The van der Waals surface area contributed by atoms with Gasteiger partial charge in [0.2, 0.25) is 0 Å². The topological polar surface area (TPSA) is 149 Å². The van der Waals surface area contributed by atoms with Crippen LogP contribution in [-0.2, 0) is 4.74 Å². The van der Waals surface area contributed by atoms with Gasteiger partial charge in [-0.25, -0.2) is 4.98 Å². The molecule has 4 atom stereocenters.